The average molecular weight is 529 g/mol. The summed E-state index contributed by atoms with van der Waals surface area (Å²) in [6.07, 6.45) is 0.210. The first kappa shape index (κ1) is 27.1. The molecular weight excluding hydrogens is 497 g/mol. The van der Waals surface area contributed by atoms with Crippen LogP contribution in [0.1, 0.15) is 0 Å². The van der Waals surface area contributed by atoms with Gasteiger partial charge in [-0.2, -0.15) is 0 Å². The minimum Gasteiger partial charge on any atom is -0.417 e. The SMILES string of the molecule is COC.C[SiH]1CO[Si](C)(O)O[Si]2(C)O[Si](C)(O)O[Si](C)(O[SiH2]O)O[Si](C)(O1)O2. The first-order valence-electron chi connectivity index (χ1n) is 8.53. The molecule has 2 heterocycles. The molecule has 0 radical (unpaired) electrons. The summed E-state index contributed by atoms with van der Waals surface area (Å²) in [6.45, 7) is 9.46. The highest BCUT2D eigenvalue weighted by atomic mass is 28.6. The molecule has 2 saturated heterocycles. The number of hydrogen-bond acceptors (Lipinski definition) is 12. The number of hydrogen-bond donors (Lipinski definition) is 3. The molecule has 0 aromatic heterocycles. The second-order valence-electron chi connectivity index (χ2n) is 6.81. The standard InChI is InChI=1S/C7H26O11Si7.C2H6O/c1-20-7-11-21(2,9)14-25(6)16-22(3,10)15-23(4,12-19-8)17-24(5,13-20)18-25;1-3-2/h8-10,20H,7,19H2,1-6H3;1-2H3. The van der Waals surface area contributed by atoms with Crippen LogP contribution in [0.25, 0.3) is 0 Å². The van der Waals surface area contributed by atoms with Gasteiger partial charge in [0, 0.05) is 47.0 Å². The molecule has 6 unspecified atom stereocenters. The van der Waals surface area contributed by atoms with Crippen LogP contribution >= 0.6 is 0 Å². The minimum absolute atomic E-state index is 0.210. The minimum atomic E-state index is -3.80. The molecule has 0 amide bonds. The molecule has 0 saturated carbocycles. The van der Waals surface area contributed by atoms with Gasteiger partial charge < -0.3 is 52.4 Å². The van der Waals surface area contributed by atoms with E-state index in [1.165, 1.54) is 19.6 Å². The molecule has 0 aliphatic carbocycles. The fraction of sp³-hybridized carbons (Fsp3) is 1.00. The van der Waals surface area contributed by atoms with Crippen LogP contribution in [0, 0.1) is 0 Å². The van der Waals surface area contributed by atoms with Crippen LogP contribution in [-0.4, -0.2) is 97.9 Å². The normalized spacial score (nSPS) is 47.9. The lowest BCUT2D eigenvalue weighted by molar-refractivity contribution is 0.0771. The Kier molecular flexibility index (Phi) is 9.77. The van der Waals surface area contributed by atoms with Gasteiger partial charge in [-0.25, -0.2) is 0 Å². The summed E-state index contributed by atoms with van der Waals surface area (Å²) < 4.78 is 50.5. The van der Waals surface area contributed by atoms with E-state index in [0.29, 0.717) is 0 Å². The predicted molar refractivity (Wildman–Crippen MR) is 113 cm³/mol. The Morgan fingerprint density at radius 2 is 1.39 bits per heavy atom. The highest BCUT2D eigenvalue weighted by Crippen LogP contribution is 2.33. The third-order valence-electron chi connectivity index (χ3n) is 3.19. The predicted octanol–water partition coefficient (Wildman–Crippen LogP) is -1.88. The highest BCUT2D eigenvalue weighted by Gasteiger charge is 2.63. The van der Waals surface area contributed by atoms with Crippen LogP contribution in [0.4, 0.5) is 0 Å². The Morgan fingerprint density at radius 1 is 0.857 bits per heavy atom. The van der Waals surface area contributed by atoms with E-state index in [1.54, 1.807) is 27.3 Å². The molecule has 168 valence electrons. The average Bonchev–Trinajstić information content (AvgIpc) is 2.43. The maximum atomic E-state index is 10.6. The van der Waals surface area contributed by atoms with E-state index in [9.17, 15) is 14.4 Å². The molecular formula is C9H32O12Si7. The highest BCUT2D eigenvalue weighted by molar-refractivity contribution is 6.91. The number of ether oxygens (including phenoxy) is 1. The molecule has 2 aliphatic heterocycles. The number of methoxy groups -OCH3 is 1. The zero-order chi connectivity index (χ0) is 21.9. The van der Waals surface area contributed by atoms with Gasteiger partial charge in [-0.3, -0.25) is 0 Å². The van der Waals surface area contributed by atoms with Gasteiger partial charge in [0.2, 0.25) is 0 Å². The Bertz CT molecular complexity index is 516. The lowest BCUT2D eigenvalue weighted by Crippen LogP contribution is -2.71. The summed E-state index contributed by atoms with van der Waals surface area (Å²) in [5, 5.41) is 0. The lowest BCUT2D eigenvalue weighted by Gasteiger charge is -2.46. The molecule has 0 spiro atoms. The van der Waals surface area contributed by atoms with Crippen molar-refractivity contribution in [1.29, 1.82) is 0 Å². The van der Waals surface area contributed by atoms with Crippen LogP contribution in [-0.2, 0) is 38.0 Å². The maximum absolute atomic E-state index is 10.6. The molecule has 2 aliphatic rings. The zero-order valence-electron chi connectivity index (χ0n) is 17.5. The smallest absolute Gasteiger partial charge is 0.417 e. The van der Waals surface area contributed by atoms with Gasteiger partial charge in [-0.1, -0.05) is 0 Å². The molecule has 0 aromatic carbocycles. The van der Waals surface area contributed by atoms with Crippen LogP contribution in [0.2, 0.25) is 39.3 Å². The van der Waals surface area contributed by atoms with E-state index in [-0.39, 0.29) is 6.23 Å². The van der Waals surface area contributed by atoms with Crippen molar-refractivity contribution in [2.45, 2.75) is 39.3 Å². The van der Waals surface area contributed by atoms with Gasteiger partial charge in [-0.15, -0.1) is 0 Å². The van der Waals surface area contributed by atoms with Crippen molar-refractivity contribution in [3.8, 4) is 0 Å². The van der Waals surface area contributed by atoms with E-state index < -0.39 is 63.1 Å². The molecule has 28 heavy (non-hydrogen) atoms. The summed E-state index contributed by atoms with van der Waals surface area (Å²) in [7, 11) is -18.4. The van der Waals surface area contributed by atoms with Crippen molar-refractivity contribution < 1.29 is 52.4 Å². The van der Waals surface area contributed by atoms with Gasteiger partial charge in [0.15, 0.2) is 9.04 Å². The Hall–Kier alpha value is 1.04. The van der Waals surface area contributed by atoms with Crippen molar-refractivity contribution >= 4 is 63.1 Å². The first-order valence-corrected chi connectivity index (χ1v) is 23.4. The molecule has 0 aromatic rings. The Morgan fingerprint density at radius 3 is 1.93 bits per heavy atom. The number of rotatable bonds is 2. The molecule has 12 nitrogen and oxygen atoms in total. The van der Waals surface area contributed by atoms with Crippen molar-refractivity contribution in [1.82, 2.24) is 0 Å². The lowest BCUT2D eigenvalue weighted by atomic mass is 11.6. The van der Waals surface area contributed by atoms with E-state index in [4.69, 9.17) is 33.2 Å². The van der Waals surface area contributed by atoms with Crippen molar-refractivity contribution in [2.75, 3.05) is 20.4 Å². The van der Waals surface area contributed by atoms with Gasteiger partial charge >= 0.3 is 44.0 Å². The molecule has 2 bridgehead atoms. The fourth-order valence-electron chi connectivity index (χ4n) is 2.76. The van der Waals surface area contributed by atoms with Crippen LogP contribution in [0.3, 0.4) is 0 Å². The summed E-state index contributed by atoms with van der Waals surface area (Å²) in [5.41, 5.74) is 0. The van der Waals surface area contributed by atoms with Gasteiger partial charge in [0.05, 0.1) is 6.23 Å². The van der Waals surface area contributed by atoms with E-state index in [0.717, 1.165) is 0 Å². The van der Waals surface area contributed by atoms with E-state index >= 15 is 0 Å². The molecule has 19 heteroatoms. The second kappa shape index (κ2) is 10.1. The number of fused-ring (bicyclic) bond motifs is 2. The van der Waals surface area contributed by atoms with Crippen molar-refractivity contribution in [3.05, 3.63) is 0 Å². The van der Waals surface area contributed by atoms with Crippen LogP contribution in [0.15, 0.2) is 0 Å². The molecule has 2 rings (SSSR count). The summed E-state index contributed by atoms with van der Waals surface area (Å²) in [5.74, 6) is 0. The monoisotopic (exact) mass is 528 g/mol. The Balaban J connectivity index is 0.00000122. The molecule has 3 N–H and O–H groups in total. The fourth-order valence-corrected chi connectivity index (χ4v) is 29.0. The topological polar surface area (TPSA) is 144 Å². The third kappa shape index (κ3) is 8.65. The van der Waals surface area contributed by atoms with Gasteiger partial charge in [0.25, 0.3) is 10.0 Å². The van der Waals surface area contributed by atoms with Crippen molar-refractivity contribution in [3.63, 3.8) is 0 Å². The van der Waals surface area contributed by atoms with Crippen LogP contribution < -0.4 is 0 Å². The molecule has 2 fully saturated rings. The quantitative estimate of drug-likeness (QED) is 0.345. The third-order valence-corrected chi connectivity index (χ3v) is 25.7. The largest absolute Gasteiger partial charge is 0.487 e. The summed E-state index contributed by atoms with van der Waals surface area (Å²) in [4.78, 5) is 30.4. The van der Waals surface area contributed by atoms with Gasteiger partial charge in [-0.05, 0) is 6.55 Å². The van der Waals surface area contributed by atoms with Crippen molar-refractivity contribution in [2.24, 2.45) is 0 Å². The van der Waals surface area contributed by atoms with E-state index in [2.05, 4.69) is 4.74 Å². The van der Waals surface area contributed by atoms with Gasteiger partial charge in [0.1, 0.15) is 0 Å². The van der Waals surface area contributed by atoms with E-state index in [1.807, 2.05) is 6.55 Å². The zero-order valence-corrected chi connectivity index (χ0v) is 25.1. The molecule has 6 atom stereocenters. The summed E-state index contributed by atoms with van der Waals surface area (Å²) >= 11 is 0. The second-order valence-corrected chi connectivity index (χ2v) is 24.3. The first-order chi connectivity index (χ1) is 12.6. The summed E-state index contributed by atoms with van der Waals surface area (Å²) in [6, 6.07) is 0. The maximum Gasteiger partial charge on any atom is 0.487 e. The van der Waals surface area contributed by atoms with Crippen LogP contribution in [0.5, 0.6) is 0 Å². The Labute approximate surface area is 175 Å².